The van der Waals surface area contributed by atoms with Gasteiger partial charge in [-0.05, 0) is 109 Å². The molecule has 0 radical (unpaired) electrons. The first-order valence-corrected chi connectivity index (χ1v) is 16.1. The molecule has 48 heavy (non-hydrogen) atoms. The summed E-state index contributed by atoms with van der Waals surface area (Å²) in [6, 6.07) is 36.4. The molecule has 0 bridgehead atoms. The standard InChI is InChI=1S/C46H44N2/c1-7-13-21-41(12-6)47(43(20-11-5)22-14-8-2)45-33-29-39(30-34-45)37-25-27-38(28-26-37)40-31-35-46(36-32-40)48(42(18-9-3)19-10-4)44-23-16-15-17-24-44/h7-36H,2-3,5-6H2,1,4H3/b13-7-,19-10-,22-14-,41-21+,42-18+,43-20+. The van der Waals surface area contributed by atoms with E-state index in [9.17, 15) is 0 Å². The lowest BCUT2D eigenvalue weighted by molar-refractivity contribution is 1.14. The van der Waals surface area contributed by atoms with Crippen LogP contribution in [0.1, 0.15) is 13.8 Å². The van der Waals surface area contributed by atoms with Crippen molar-refractivity contribution in [3.8, 4) is 22.3 Å². The second-order valence-corrected chi connectivity index (χ2v) is 10.7. The van der Waals surface area contributed by atoms with E-state index < -0.39 is 0 Å². The first kappa shape index (κ1) is 34.7. The molecular formula is C46H44N2. The molecule has 0 amide bonds. The number of rotatable bonds is 15. The fourth-order valence-electron chi connectivity index (χ4n) is 5.35. The van der Waals surface area contributed by atoms with Gasteiger partial charge >= 0.3 is 0 Å². The number of anilines is 3. The number of benzene rings is 4. The van der Waals surface area contributed by atoms with E-state index in [1.165, 1.54) is 0 Å². The molecule has 2 heteroatoms. The van der Waals surface area contributed by atoms with E-state index in [2.05, 4.69) is 139 Å². The maximum Gasteiger partial charge on any atom is 0.0462 e. The average Bonchev–Trinajstić information content (AvgIpc) is 3.13. The van der Waals surface area contributed by atoms with Crippen molar-refractivity contribution in [3.63, 3.8) is 0 Å². The Morgan fingerprint density at radius 1 is 0.458 bits per heavy atom. The van der Waals surface area contributed by atoms with E-state index in [0.29, 0.717) is 0 Å². The summed E-state index contributed by atoms with van der Waals surface area (Å²) in [6.07, 6.45) is 25.4. The Bertz CT molecular complexity index is 1860. The molecule has 0 aliphatic carbocycles. The summed E-state index contributed by atoms with van der Waals surface area (Å²) in [5, 5.41) is 0. The van der Waals surface area contributed by atoms with Crippen LogP contribution in [0.4, 0.5) is 17.1 Å². The molecular weight excluding hydrogens is 581 g/mol. The van der Waals surface area contributed by atoms with Gasteiger partial charge < -0.3 is 9.80 Å². The minimum Gasteiger partial charge on any atom is -0.311 e. The number of hydrogen-bond acceptors (Lipinski definition) is 2. The lowest BCUT2D eigenvalue weighted by Gasteiger charge is -2.27. The summed E-state index contributed by atoms with van der Waals surface area (Å²) in [7, 11) is 0. The van der Waals surface area contributed by atoms with E-state index in [-0.39, 0.29) is 0 Å². The normalized spacial score (nSPS) is 12.4. The lowest BCUT2D eigenvalue weighted by Crippen LogP contribution is -2.19. The average molecular weight is 625 g/mol. The minimum absolute atomic E-state index is 0.944. The molecule has 4 aromatic carbocycles. The lowest BCUT2D eigenvalue weighted by atomic mass is 9.99. The van der Waals surface area contributed by atoms with Crippen LogP contribution >= 0.6 is 0 Å². The molecule has 0 saturated carbocycles. The summed E-state index contributed by atoms with van der Waals surface area (Å²) in [5.74, 6) is 0. The Labute approximate surface area is 287 Å². The molecule has 0 saturated heterocycles. The van der Waals surface area contributed by atoms with Crippen molar-refractivity contribution in [2.75, 3.05) is 9.80 Å². The first-order valence-electron chi connectivity index (χ1n) is 16.1. The summed E-state index contributed by atoms with van der Waals surface area (Å²) < 4.78 is 0. The monoisotopic (exact) mass is 624 g/mol. The maximum absolute atomic E-state index is 4.08. The zero-order valence-electron chi connectivity index (χ0n) is 28.0. The van der Waals surface area contributed by atoms with Crippen LogP contribution in [0.5, 0.6) is 0 Å². The third kappa shape index (κ3) is 8.78. The second kappa shape index (κ2) is 18.1. The van der Waals surface area contributed by atoms with E-state index in [4.69, 9.17) is 0 Å². The predicted octanol–water partition coefficient (Wildman–Crippen LogP) is 13.1. The van der Waals surface area contributed by atoms with E-state index in [0.717, 1.165) is 56.4 Å². The largest absolute Gasteiger partial charge is 0.311 e. The van der Waals surface area contributed by atoms with Gasteiger partial charge in [-0.15, -0.1) is 0 Å². The zero-order chi connectivity index (χ0) is 34.1. The second-order valence-electron chi connectivity index (χ2n) is 10.7. The summed E-state index contributed by atoms with van der Waals surface area (Å²) in [5.41, 5.74) is 10.7. The summed E-state index contributed by atoms with van der Waals surface area (Å²) in [6.45, 7) is 19.8. The third-order valence-corrected chi connectivity index (χ3v) is 7.58. The molecule has 0 aromatic heterocycles. The number of para-hydroxylation sites is 1. The summed E-state index contributed by atoms with van der Waals surface area (Å²) >= 11 is 0. The molecule has 238 valence electrons. The fraction of sp³-hybridized carbons (Fsp3) is 0.0435. The van der Waals surface area contributed by atoms with Crippen LogP contribution in [-0.2, 0) is 0 Å². The van der Waals surface area contributed by atoms with Crippen molar-refractivity contribution < 1.29 is 0 Å². The van der Waals surface area contributed by atoms with Crippen LogP contribution < -0.4 is 9.80 Å². The van der Waals surface area contributed by atoms with Gasteiger partial charge in [0.15, 0.2) is 0 Å². The topological polar surface area (TPSA) is 6.48 Å². The molecule has 4 rings (SSSR count). The van der Waals surface area contributed by atoms with E-state index >= 15 is 0 Å². The van der Waals surface area contributed by atoms with Crippen LogP contribution in [0.3, 0.4) is 0 Å². The predicted molar refractivity (Wildman–Crippen MR) is 212 cm³/mol. The molecule has 4 aromatic rings. The highest BCUT2D eigenvalue weighted by atomic mass is 15.2. The molecule has 0 N–H and O–H groups in total. The van der Waals surface area contributed by atoms with Crippen molar-refractivity contribution >= 4 is 17.1 Å². The molecule has 0 unspecified atom stereocenters. The van der Waals surface area contributed by atoms with Crippen LogP contribution in [0, 0.1) is 0 Å². The zero-order valence-corrected chi connectivity index (χ0v) is 28.0. The Hall–Kier alpha value is -6.12. The van der Waals surface area contributed by atoms with Gasteiger partial charge in [-0.2, -0.15) is 0 Å². The minimum atomic E-state index is 0.944. The van der Waals surface area contributed by atoms with Gasteiger partial charge in [0, 0.05) is 34.2 Å². The van der Waals surface area contributed by atoms with Crippen molar-refractivity contribution in [2.45, 2.75) is 13.8 Å². The summed E-state index contributed by atoms with van der Waals surface area (Å²) in [4.78, 5) is 4.39. The van der Waals surface area contributed by atoms with E-state index in [1.54, 1.807) is 12.2 Å². The Morgan fingerprint density at radius 3 is 1.44 bits per heavy atom. The molecule has 0 heterocycles. The molecule has 2 nitrogen and oxygen atoms in total. The Kier molecular flexibility index (Phi) is 13.1. The number of nitrogens with zero attached hydrogens (tertiary/aromatic N) is 2. The van der Waals surface area contributed by atoms with Crippen molar-refractivity contribution in [3.05, 3.63) is 226 Å². The molecule has 0 aliphatic rings. The van der Waals surface area contributed by atoms with Gasteiger partial charge in [0.25, 0.3) is 0 Å². The number of allylic oxidation sites excluding steroid dienone is 13. The van der Waals surface area contributed by atoms with Crippen molar-refractivity contribution in [2.24, 2.45) is 0 Å². The quantitative estimate of drug-likeness (QED) is 0.121. The SMILES string of the molecule is C=C/C=C\C(=C/C=C)N(/C(C=C)=C/C=C\C)c1ccc(-c2ccc(-c3ccc(N(C(/C=C\C)=C/C=C)c4ccccc4)cc3)cc2)cc1. The Balaban J connectivity index is 1.62. The molecule has 0 aliphatic heterocycles. The molecule has 0 fully saturated rings. The Morgan fingerprint density at radius 2 is 0.958 bits per heavy atom. The van der Waals surface area contributed by atoms with Gasteiger partial charge in [-0.25, -0.2) is 0 Å². The highest BCUT2D eigenvalue weighted by molar-refractivity contribution is 5.76. The van der Waals surface area contributed by atoms with Crippen LogP contribution in [-0.4, -0.2) is 0 Å². The van der Waals surface area contributed by atoms with Crippen molar-refractivity contribution in [1.29, 1.82) is 0 Å². The van der Waals surface area contributed by atoms with Crippen molar-refractivity contribution in [1.82, 2.24) is 0 Å². The highest BCUT2D eigenvalue weighted by Crippen LogP contribution is 2.34. The van der Waals surface area contributed by atoms with Crippen LogP contribution in [0.25, 0.3) is 22.3 Å². The third-order valence-electron chi connectivity index (χ3n) is 7.58. The van der Waals surface area contributed by atoms with Gasteiger partial charge in [-0.1, -0.05) is 136 Å². The van der Waals surface area contributed by atoms with Gasteiger partial charge in [0.05, 0.1) is 0 Å². The van der Waals surface area contributed by atoms with E-state index in [1.807, 2.05) is 80.7 Å². The van der Waals surface area contributed by atoms with Gasteiger partial charge in [-0.3, -0.25) is 0 Å². The fourth-order valence-corrected chi connectivity index (χ4v) is 5.35. The van der Waals surface area contributed by atoms with Crippen LogP contribution in [0.2, 0.25) is 0 Å². The smallest absolute Gasteiger partial charge is 0.0462 e. The highest BCUT2D eigenvalue weighted by Gasteiger charge is 2.15. The molecule has 0 spiro atoms. The number of hydrogen-bond donors (Lipinski definition) is 0. The first-order chi connectivity index (χ1) is 23.6. The van der Waals surface area contributed by atoms with Gasteiger partial charge in [0.2, 0.25) is 0 Å². The molecule has 0 atom stereocenters. The van der Waals surface area contributed by atoms with Crippen LogP contribution in [0.15, 0.2) is 226 Å². The maximum atomic E-state index is 4.08. The van der Waals surface area contributed by atoms with Gasteiger partial charge in [0.1, 0.15) is 0 Å².